The quantitative estimate of drug-likeness (QED) is 0.574. The molecule has 1 heterocycles. The summed E-state index contributed by atoms with van der Waals surface area (Å²) in [6.45, 7) is 1.67. The molecule has 0 saturated carbocycles. The van der Waals surface area contributed by atoms with Crippen LogP contribution in [0.1, 0.15) is 5.56 Å². The topological polar surface area (TPSA) is 88.2 Å². The van der Waals surface area contributed by atoms with E-state index in [1.165, 1.54) is 30.5 Å². The van der Waals surface area contributed by atoms with Crippen LogP contribution in [0, 0.1) is 6.92 Å². The van der Waals surface area contributed by atoms with Gasteiger partial charge in [0.05, 0.1) is 34.0 Å². The summed E-state index contributed by atoms with van der Waals surface area (Å²) in [7, 11) is -3.94. The van der Waals surface area contributed by atoms with Crippen molar-refractivity contribution in [3.8, 4) is 0 Å². The normalized spacial score (nSPS) is 11.1. The molecule has 0 aliphatic rings. The molecule has 0 fully saturated rings. The Kier molecular flexibility index (Phi) is 6.42. The maximum atomic E-state index is 13.2. The van der Waals surface area contributed by atoms with Gasteiger partial charge in [-0.1, -0.05) is 40.9 Å². The van der Waals surface area contributed by atoms with Crippen LogP contribution in [0.5, 0.6) is 0 Å². The first-order valence-electron chi connectivity index (χ1n) is 8.52. The standard InChI is InChI=1S/C20H17Cl2N3O3S/c1-13-4-6-16(7-5-13)29(27,28)20-17(22)9-14(21)10-18(20)24-12-19(26)25-15-3-2-8-23-11-15/h2-11,24H,12H2,1H3,(H,25,26). The largest absolute Gasteiger partial charge is 0.375 e. The van der Waals surface area contributed by atoms with E-state index in [1.807, 2.05) is 6.92 Å². The number of benzene rings is 2. The van der Waals surface area contributed by atoms with E-state index in [0.29, 0.717) is 5.69 Å². The van der Waals surface area contributed by atoms with Crippen molar-refractivity contribution in [1.82, 2.24) is 4.98 Å². The van der Waals surface area contributed by atoms with E-state index in [4.69, 9.17) is 23.2 Å². The van der Waals surface area contributed by atoms with E-state index in [9.17, 15) is 13.2 Å². The highest BCUT2D eigenvalue weighted by Crippen LogP contribution is 2.36. The summed E-state index contributed by atoms with van der Waals surface area (Å²) in [5.74, 6) is -0.382. The predicted molar refractivity (Wildman–Crippen MR) is 114 cm³/mol. The summed E-state index contributed by atoms with van der Waals surface area (Å²) < 4.78 is 26.3. The summed E-state index contributed by atoms with van der Waals surface area (Å²) in [6.07, 6.45) is 3.09. The molecule has 6 nitrogen and oxygen atoms in total. The molecule has 3 aromatic rings. The molecular formula is C20H17Cl2N3O3S. The third-order valence-corrected chi connectivity index (χ3v) is 6.49. The van der Waals surface area contributed by atoms with Crippen molar-refractivity contribution in [2.75, 3.05) is 17.2 Å². The molecule has 1 amide bonds. The zero-order valence-corrected chi connectivity index (χ0v) is 17.6. The van der Waals surface area contributed by atoms with Crippen molar-refractivity contribution < 1.29 is 13.2 Å². The van der Waals surface area contributed by atoms with E-state index >= 15 is 0 Å². The monoisotopic (exact) mass is 449 g/mol. The van der Waals surface area contributed by atoms with Crippen LogP contribution in [0.3, 0.4) is 0 Å². The fourth-order valence-corrected chi connectivity index (χ4v) is 4.88. The third-order valence-electron chi connectivity index (χ3n) is 3.99. The number of nitrogens with zero attached hydrogens (tertiary/aromatic N) is 1. The molecule has 2 N–H and O–H groups in total. The first-order chi connectivity index (χ1) is 13.8. The molecule has 0 saturated heterocycles. The number of aryl methyl sites for hydroxylation is 1. The number of pyridine rings is 1. The fourth-order valence-electron chi connectivity index (χ4n) is 2.62. The van der Waals surface area contributed by atoms with Crippen LogP contribution in [0.2, 0.25) is 10.0 Å². The van der Waals surface area contributed by atoms with Crippen molar-refractivity contribution in [3.05, 3.63) is 76.5 Å². The lowest BCUT2D eigenvalue weighted by Gasteiger charge is -2.15. The molecule has 0 unspecified atom stereocenters. The van der Waals surface area contributed by atoms with Crippen LogP contribution >= 0.6 is 23.2 Å². The number of nitrogens with one attached hydrogen (secondary N) is 2. The summed E-state index contributed by atoms with van der Waals surface area (Å²) in [6, 6.07) is 12.6. The lowest BCUT2D eigenvalue weighted by molar-refractivity contribution is -0.114. The molecule has 29 heavy (non-hydrogen) atoms. The number of rotatable bonds is 6. The first kappa shape index (κ1) is 21.1. The Labute approximate surface area is 178 Å². The molecule has 3 rings (SSSR count). The van der Waals surface area contributed by atoms with Crippen LogP contribution in [-0.4, -0.2) is 25.9 Å². The summed E-state index contributed by atoms with van der Waals surface area (Å²) in [4.78, 5) is 16.1. The van der Waals surface area contributed by atoms with E-state index in [0.717, 1.165) is 5.56 Å². The Morgan fingerprint density at radius 3 is 2.48 bits per heavy atom. The van der Waals surface area contributed by atoms with E-state index in [1.54, 1.807) is 30.5 Å². The van der Waals surface area contributed by atoms with Crippen molar-refractivity contribution >= 4 is 50.3 Å². The Morgan fingerprint density at radius 2 is 1.83 bits per heavy atom. The molecule has 0 aliphatic heterocycles. The Hall–Kier alpha value is -2.61. The highest BCUT2D eigenvalue weighted by atomic mass is 35.5. The van der Waals surface area contributed by atoms with Crippen molar-refractivity contribution in [3.63, 3.8) is 0 Å². The first-order valence-corrected chi connectivity index (χ1v) is 10.8. The van der Waals surface area contributed by atoms with Gasteiger partial charge < -0.3 is 10.6 Å². The molecule has 0 atom stereocenters. The second-order valence-corrected chi connectivity index (χ2v) is 8.95. The Morgan fingerprint density at radius 1 is 1.10 bits per heavy atom. The van der Waals surface area contributed by atoms with Crippen LogP contribution in [0.4, 0.5) is 11.4 Å². The van der Waals surface area contributed by atoms with Gasteiger partial charge in [0.25, 0.3) is 0 Å². The molecule has 0 radical (unpaired) electrons. The minimum absolute atomic E-state index is 0.0340. The maximum Gasteiger partial charge on any atom is 0.243 e. The number of amides is 1. The van der Waals surface area contributed by atoms with E-state index < -0.39 is 9.84 Å². The second-order valence-electron chi connectivity index (χ2n) is 6.22. The second kappa shape index (κ2) is 8.82. The van der Waals surface area contributed by atoms with Crippen LogP contribution < -0.4 is 10.6 Å². The van der Waals surface area contributed by atoms with Crippen LogP contribution in [0.15, 0.2) is 70.7 Å². The van der Waals surface area contributed by atoms with Crippen molar-refractivity contribution in [2.45, 2.75) is 16.7 Å². The number of anilines is 2. The molecule has 0 bridgehead atoms. The van der Waals surface area contributed by atoms with Gasteiger partial charge in [-0.2, -0.15) is 0 Å². The Bertz CT molecular complexity index is 1140. The lowest BCUT2D eigenvalue weighted by Crippen LogP contribution is -2.22. The van der Waals surface area contributed by atoms with Gasteiger partial charge in [0, 0.05) is 11.2 Å². The number of halogens is 2. The van der Waals surface area contributed by atoms with Gasteiger partial charge in [-0.3, -0.25) is 9.78 Å². The zero-order chi connectivity index (χ0) is 21.0. The van der Waals surface area contributed by atoms with E-state index in [2.05, 4.69) is 15.6 Å². The number of hydrogen-bond donors (Lipinski definition) is 2. The number of sulfone groups is 1. The molecule has 150 valence electrons. The average molecular weight is 450 g/mol. The number of hydrogen-bond acceptors (Lipinski definition) is 5. The van der Waals surface area contributed by atoms with Crippen LogP contribution in [0.25, 0.3) is 0 Å². The number of carbonyl (C=O) groups excluding carboxylic acids is 1. The van der Waals surface area contributed by atoms with Gasteiger partial charge >= 0.3 is 0 Å². The summed E-state index contributed by atoms with van der Waals surface area (Å²) in [5.41, 5.74) is 1.59. The van der Waals surface area contributed by atoms with E-state index in [-0.39, 0.29) is 38.0 Å². The summed E-state index contributed by atoms with van der Waals surface area (Å²) in [5, 5.41) is 5.69. The SMILES string of the molecule is Cc1ccc(S(=O)(=O)c2c(Cl)cc(Cl)cc2NCC(=O)Nc2cccnc2)cc1. The molecule has 9 heteroatoms. The van der Waals surface area contributed by atoms with Gasteiger partial charge in [0.1, 0.15) is 4.90 Å². The molecular weight excluding hydrogens is 433 g/mol. The van der Waals surface area contributed by atoms with Gasteiger partial charge in [0.2, 0.25) is 15.7 Å². The molecule has 1 aromatic heterocycles. The van der Waals surface area contributed by atoms with Gasteiger partial charge in [-0.25, -0.2) is 8.42 Å². The number of carbonyl (C=O) groups is 1. The molecule has 2 aromatic carbocycles. The Balaban J connectivity index is 1.89. The van der Waals surface area contributed by atoms with Crippen LogP contribution in [-0.2, 0) is 14.6 Å². The summed E-state index contributed by atoms with van der Waals surface area (Å²) >= 11 is 12.3. The zero-order valence-electron chi connectivity index (χ0n) is 15.3. The molecule has 0 spiro atoms. The van der Waals surface area contributed by atoms with Gasteiger partial charge in [0.15, 0.2) is 0 Å². The highest BCUT2D eigenvalue weighted by Gasteiger charge is 2.25. The van der Waals surface area contributed by atoms with Gasteiger partial charge in [-0.05, 0) is 43.3 Å². The lowest BCUT2D eigenvalue weighted by atomic mass is 10.2. The predicted octanol–water partition coefficient (Wildman–Crippen LogP) is 4.58. The molecule has 0 aliphatic carbocycles. The minimum Gasteiger partial charge on any atom is -0.375 e. The van der Waals surface area contributed by atoms with Crippen molar-refractivity contribution in [2.24, 2.45) is 0 Å². The maximum absolute atomic E-state index is 13.2. The fraction of sp³-hybridized carbons (Fsp3) is 0.100. The smallest absolute Gasteiger partial charge is 0.243 e. The third kappa shape index (κ3) is 5.06. The average Bonchev–Trinajstić information content (AvgIpc) is 2.66. The number of aromatic nitrogens is 1. The van der Waals surface area contributed by atoms with Crippen molar-refractivity contribution in [1.29, 1.82) is 0 Å². The minimum atomic E-state index is -3.94. The van der Waals surface area contributed by atoms with Gasteiger partial charge in [-0.15, -0.1) is 0 Å². The highest BCUT2D eigenvalue weighted by molar-refractivity contribution is 7.91.